The number of rotatable bonds is 6. The van der Waals surface area contributed by atoms with Gasteiger partial charge in [0.1, 0.15) is 6.20 Å². The Labute approximate surface area is 130 Å². The maximum Gasteiger partial charge on any atom is 0.383 e. The SMILES string of the molecule is CC(C)(C)[Si](C)(C)OC[C@@H](O)Cn1cc([N+](=O)[O-])nc1Cl. The van der Waals surface area contributed by atoms with Crippen LogP contribution >= 0.6 is 11.6 Å². The Balaban J connectivity index is 2.62. The highest BCUT2D eigenvalue weighted by molar-refractivity contribution is 6.74. The van der Waals surface area contributed by atoms with Crippen molar-refractivity contribution in [2.45, 2.75) is 51.6 Å². The Hall–Kier alpha value is -0.963. The van der Waals surface area contributed by atoms with E-state index in [0.717, 1.165) is 0 Å². The number of hydrogen-bond acceptors (Lipinski definition) is 5. The molecular weight excluding hydrogens is 314 g/mol. The summed E-state index contributed by atoms with van der Waals surface area (Å²) in [6.45, 7) is 10.8. The lowest BCUT2D eigenvalue weighted by atomic mass is 10.2. The Morgan fingerprint density at radius 3 is 2.57 bits per heavy atom. The monoisotopic (exact) mass is 335 g/mol. The van der Waals surface area contributed by atoms with E-state index >= 15 is 0 Å². The van der Waals surface area contributed by atoms with Gasteiger partial charge in [0.2, 0.25) is 0 Å². The molecule has 0 aliphatic rings. The van der Waals surface area contributed by atoms with E-state index in [4.69, 9.17) is 16.0 Å². The van der Waals surface area contributed by atoms with Crippen molar-refractivity contribution in [1.29, 1.82) is 0 Å². The van der Waals surface area contributed by atoms with Crippen LogP contribution in [0.1, 0.15) is 20.8 Å². The lowest BCUT2D eigenvalue weighted by Gasteiger charge is -2.36. The molecule has 120 valence electrons. The summed E-state index contributed by atoms with van der Waals surface area (Å²) >= 11 is 5.80. The van der Waals surface area contributed by atoms with Crippen LogP contribution in [0, 0.1) is 10.1 Å². The molecule has 0 aliphatic carbocycles. The summed E-state index contributed by atoms with van der Waals surface area (Å²) in [6.07, 6.45) is 0.406. The first-order chi connectivity index (χ1) is 9.44. The van der Waals surface area contributed by atoms with Gasteiger partial charge in [0.25, 0.3) is 0 Å². The normalized spacial score (nSPS) is 14.2. The van der Waals surface area contributed by atoms with Gasteiger partial charge in [0, 0.05) is 0 Å². The summed E-state index contributed by atoms with van der Waals surface area (Å²) in [5, 5.41) is 20.7. The van der Waals surface area contributed by atoms with Crippen molar-refractivity contribution in [3.63, 3.8) is 0 Å². The van der Waals surface area contributed by atoms with E-state index in [2.05, 4.69) is 38.8 Å². The van der Waals surface area contributed by atoms with Gasteiger partial charge in [-0.3, -0.25) is 4.57 Å². The molecule has 1 atom stereocenters. The number of hydrogen-bond donors (Lipinski definition) is 1. The van der Waals surface area contributed by atoms with Crippen LogP contribution in [-0.2, 0) is 11.0 Å². The van der Waals surface area contributed by atoms with E-state index in [1.54, 1.807) is 0 Å². The summed E-state index contributed by atoms with van der Waals surface area (Å²) in [7, 11) is -1.94. The van der Waals surface area contributed by atoms with Crippen molar-refractivity contribution >= 4 is 25.7 Å². The molecular formula is C12H22ClN3O4Si. The second kappa shape index (κ2) is 6.43. The molecule has 1 aromatic heterocycles. The van der Waals surface area contributed by atoms with Crippen LogP contribution in [0.5, 0.6) is 0 Å². The third-order valence-electron chi connectivity index (χ3n) is 3.75. The van der Waals surface area contributed by atoms with E-state index in [-0.39, 0.29) is 29.3 Å². The van der Waals surface area contributed by atoms with E-state index in [9.17, 15) is 15.2 Å². The molecule has 7 nitrogen and oxygen atoms in total. The van der Waals surface area contributed by atoms with Crippen LogP contribution in [-0.4, -0.2) is 40.6 Å². The van der Waals surface area contributed by atoms with Crippen molar-refractivity contribution in [3.05, 3.63) is 21.6 Å². The molecule has 0 fully saturated rings. The summed E-state index contributed by atoms with van der Waals surface area (Å²) < 4.78 is 7.25. The molecule has 0 unspecified atom stereocenters. The summed E-state index contributed by atoms with van der Waals surface area (Å²) in [6, 6.07) is 0. The Bertz CT molecular complexity index is 513. The maximum atomic E-state index is 10.6. The van der Waals surface area contributed by atoms with Gasteiger partial charge in [-0.15, -0.1) is 0 Å². The molecule has 1 N–H and O–H groups in total. The minimum Gasteiger partial charge on any atom is -0.414 e. The molecule has 21 heavy (non-hydrogen) atoms. The molecule has 0 saturated heterocycles. The second-order valence-corrected chi connectivity index (χ2v) is 11.7. The number of nitro groups is 1. The quantitative estimate of drug-likeness (QED) is 0.490. The van der Waals surface area contributed by atoms with Crippen molar-refractivity contribution in [3.8, 4) is 0 Å². The van der Waals surface area contributed by atoms with E-state index in [1.165, 1.54) is 10.8 Å². The molecule has 1 heterocycles. The standard InChI is InChI=1S/C12H22ClN3O4Si/c1-12(2,3)21(4,5)20-8-9(17)6-15-7-10(16(18)19)14-11(15)13/h7,9,17H,6,8H2,1-5H3/t9-/m0/s1. The maximum absolute atomic E-state index is 10.6. The zero-order chi connectivity index (χ0) is 16.4. The van der Waals surface area contributed by atoms with Crippen LogP contribution < -0.4 is 0 Å². The fraction of sp³-hybridized carbons (Fsp3) is 0.750. The van der Waals surface area contributed by atoms with Crippen LogP contribution in [0.15, 0.2) is 6.20 Å². The number of aromatic nitrogens is 2. The average molecular weight is 336 g/mol. The lowest BCUT2D eigenvalue weighted by Crippen LogP contribution is -2.43. The average Bonchev–Trinajstić information content (AvgIpc) is 2.67. The lowest BCUT2D eigenvalue weighted by molar-refractivity contribution is -0.389. The first-order valence-corrected chi connectivity index (χ1v) is 9.92. The fourth-order valence-electron chi connectivity index (χ4n) is 1.40. The topological polar surface area (TPSA) is 90.4 Å². The zero-order valence-corrected chi connectivity index (χ0v) is 14.7. The van der Waals surface area contributed by atoms with Gasteiger partial charge in [0.15, 0.2) is 8.32 Å². The zero-order valence-electron chi connectivity index (χ0n) is 13.0. The molecule has 0 spiro atoms. The van der Waals surface area contributed by atoms with E-state index < -0.39 is 19.3 Å². The van der Waals surface area contributed by atoms with Gasteiger partial charge in [-0.1, -0.05) is 20.8 Å². The first-order valence-electron chi connectivity index (χ1n) is 6.63. The third kappa shape index (κ3) is 4.77. The van der Waals surface area contributed by atoms with Gasteiger partial charge in [-0.25, -0.2) is 0 Å². The van der Waals surface area contributed by atoms with Gasteiger partial charge in [-0.05, 0) is 39.6 Å². The Morgan fingerprint density at radius 2 is 2.14 bits per heavy atom. The van der Waals surface area contributed by atoms with Crippen molar-refractivity contribution in [2.24, 2.45) is 0 Å². The number of halogens is 1. The summed E-state index contributed by atoms with van der Waals surface area (Å²) in [5.74, 6) is -0.336. The highest BCUT2D eigenvalue weighted by Crippen LogP contribution is 2.36. The molecule has 0 radical (unpaired) electrons. The van der Waals surface area contributed by atoms with Crippen LogP contribution in [0.4, 0.5) is 5.82 Å². The highest BCUT2D eigenvalue weighted by Gasteiger charge is 2.37. The van der Waals surface area contributed by atoms with Gasteiger partial charge in [-0.2, -0.15) is 0 Å². The molecule has 0 aromatic carbocycles. The van der Waals surface area contributed by atoms with Crippen molar-refractivity contribution in [2.75, 3.05) is 6.61 Å². The fourth-order valence-corrected chi connectivity index (χ4v) is 2.64. The van der Waals surface area contributed by atoms with Crippen LogP contribution in [0.25, 0.3) is 0 Å². The number of aliphatic hydroxyl groups is 1. The summed E-state index contributed by atoms with van der Waals surface area (Å²) in [5.41, 5.74) is 0. The molecule has 0 amide bonds. The Morgan fingerprint density at radius 1 is 1.57 bits per heavy atom. The molecule has 1 aromatic rings. The first kappa shape index (κ1) is 18.1. The Kier molecular flexibility index (Phi) is 5.54. The number of nitrogens with zero attached hydrogens (tertiary/aromatic N) is 3. The van der Waals surface area contributed by atoms with Gasteiger partial charge >= 0.3 is 11.1 Å². The van der Waals surface area contributed by atoms with Gasteiger partial charge < -0.3 is 19.6 Å². The highest BCUT2D eigenvalue weighted by atomic mass is 35.5. The molecule has 9 heteroatoms. The molecule has 0 aliphatic heterocycles. The molecule has 0 bridgehead atoms. The largest absolute Gasteiger partial charge is 0.414 e. The predicted octanol–water partition coefficient (Wildman–Crippen LogP) is 2.83. The van der Waals surface area contributed by atoms with E-state index in [0.29, 0.717) is 0 Å². The molecule has 0 saturated carbocycles. The van der Waals surface area contributed by atoms with E-state index in [1.807, 2.05) is 0 Å². The minimum absolute atomic E-state index is 0.0203. The second-order valence-electron chi connectivity index (χ2n) is 6.50. The predicted molar refractivity (Wildman–Crippen MR) is 83.0 cm³/mol. The van der Waals surface area contributed by atoms with Crippen molar-refractivity contribution < 1.29 is 14.5 Å². The van der Waals surface area contributed by atoms with Crippen LogP contribution in [0.2, 0.25) is 23.4 Å². The summed E-state index contributed by atoms with van der Waals surface area (Å²) in [4.78, 5) is 13.6. The number of aliphatic hydroxyl groups excluding tert-OH is 1. The number of imidazole rings is 1. The van der Waals surface area contributed by atoms with Crippen LogP contribution in [0.3, 0.4) is 0 Å². The minimum atomic E-state index is -1.94. The third-order valence-corrected chi connectivity index (χ3v) is 8.55. The van der Waals surface area contributed by atoms with Gasteiger partial charge in [0.05, 0.1) is 19.3 Å². The molecule has 1 rings (SSSR count). The van der Waals surface area contributed by atoms with Crippen molar-refractivity contribution in [1.82, 2.24) is 9.55 Å². The smallest absolute Gasteiger partial charge is 0.383 e.